The van der Waals surface area contributed by atoms with Gasteiger partial charge in [0.2, 0.25) is 0 Å². The summed E-state index contributed by atoms with van der Waals surface area (Å²) in [7, 11) is 2.26. The van der Waals surface area contributed by atoms with E-state index >= 15 is 0 Å². The van der Waals surface area contributed by atoms with Crippen molar-refractivity contribution in [2.24, 2.45) is 0 Å². The smallest absolute Gasteiger partial charge is 0.0449 e. The number of hydrogen-bond acceptors (Lipinski definition) is 2. The van der Waals surface area contributed by atoms with Crippen molar-refractivity contribution in [1.29, 1.82) is 0 Å². The van der Waals surface area contributed by atoms with Crippen LogP contribution in [-0.2, 0) is 6.42 Å². The fraction of sp³-hybridized carbons (Fsp3) is 0.647. The molecule has 1 aliphatic rings. The first kappa shape index (κ1) is 14.5. The van der Waals surface area contributed by atoms with Crippen molar-refractivity contribution in [3.05, 3.63) is 35.4 Å². The molecule has 1 fully saturated rings. The fourth-order valence-electron chi connectivity index (χ4n) is 2.54. The molecule has 1 saturated carbocycles. The Balaban J connectivity index is 2.01. The summed E-state index contributed by atoms with van der Waals surface area (Å²) in [5.74, 6) is 0. The molecule has 1 aromatic rings. The van der Waals surface area contributed by atoms with E-state index in [0.717, 1.165) is 25.6 Å². The average molecular weight is 260 g/mol. The number of nitrogens with one attached hydrogen (secondary N) is 1. The zero-order valence-electron chi connectivity index (χ0n) is 12.7. The van der Waals surface area contributed by atoms with Gasteiger partial charge in [-0.3, -0.25) is 0 Å². The van der Waals surface area contributed by atoms with Gasteiger partial charge in [-0.15, -0.1) is 0 Å². The third kappa shape index (κ3) is 4.32. The van der Waals surface area contributed by atoms with Crippen LogP contribution < -0.4 is 5.32 Å². The Labute approximate surface area is 118 Å². The first-order valence-electron chi connectivity index (χ1n) is 7.77. The van der Waals surface area contributed by atoms with Gasteiger partial charge < -0.3 is 10.2 Å². The Morgan fingerprint density at radius 3 is 2.42 bits per heavy atom. The van der Waals surface area contributed by atoms with Crippen LogP contribution in [0.2, 0.25) is 0 Å². The second kappa shape index (κ2) is 7.06. The Morgan fingerprint density at radius 1 is 1.21 bits per heavy atom. The number of likely N-dealkylation sites (N-methyl/N-ethyl adjacent to an activating group) is 1. The number of nitrogens with zero attached hydrogens (tertiary/aromatic N) is 1. The maximum Gasteiger partial charge on any atom is 0.0449 e. The van der Waals surface area contributed by atoms with Crippen molar-refractivity contribution in [3.63, 3.8) is 0 Å². The molecule has 2 nitrogen and oxygen atoms in total. The topological polar surface area (TPSA) is 15.3 Å². The first-order chi connectivity index (χ1) is 9.24. The minimum atomic E-state index is 0.469. The van der Waals surface area contributed by atoms with Crippen LogP contribution in [0.3, 0.4) is 0 Å². The maximum absolute atomic E-state index is 3.70. The van der Waals surface area contributed by atoms with Gasteiger partial charge >= 0.3 is 0 Å². The average Bonchev–Trinajstić information content (AvgIpc) is 3.28. The molecule has 0 spiro atoms. The molecule has 19 heavy (non-hydrogen) atoms. The van der Waals surface area contributed by atoms with Gasteiger partial charge in [0.05, 0.1) is 0 Å². The number of rotatable bonds is 8. The largest absolute Gasteiger partial charge is 0.309 e. The van der Waals surface area contributed by atoms with Crippen LogP contribution in [0, 0.1) is 0 Å². The number of benzene rings is 1. The molecular weight excluding hydrogens is 232 g/mol. The molecule has 0 saturated heterocycles. The van der Waals surface area contributed by atoms with Gasteiger partial charge in [0, 0.05) is 18.6 Å². The zero-order chi connectivity index (χ0) is 13.7. The van der Waals surface area contributed by atoms with Crippen LogP contribution in [0.25, 0.3) is 0 Å². The fourth-order valence-corrected chi connectivity index (χ4v) is 2.54. The minimum absolute atomic E-state index is 0.469. The predicted octanol–water partition coefficient (Wildman–Crippen LogP) is 3.38. The molecule has 0 amide bonds. The molecule has 1 N–H and O–H groups in total. The summed E-state index contributed by atoms with van der Waals surface area (Å²) in [6.07, 6.45) is 5.07. The lowest BCUT2D eigenvalue weighted by Crippen LogP contribution is -2.34. The van der Waals surface area contributed by atoms with Crippen molar-refractivity contribution in [2.75, 3.05) is 20.1 Å². The third-order valence-electron chi connectivity index (χ3n) is 4.07. The Kier molecular flexibility index (Phi) is 5.41. The van der Waals surface area contributed by atoms with Gasteiger partial charge in [0.15, 0.2) is 0 Å². The standard InChI is InChI=1S/C17H28N2/c1-4-12-18-17(13-19(3)16-10-11-16)15-8-6-14(5-2)7-9-15/h6-9,16-18H,4-5,10-13H2,1-3H3. The third-order valence-corrected chi connectivity index (χ3v) is 4.07. The molecule has 0 bridgehead atoms. The van der Waals surface area contributed by atoms with Crippen molar-refractivity contribution < 1.29 is 0 Å². The summed E-state index contributed by atoms with van der Waals surface area (Å²) in [5.41, 5.74) is 2.85. The van der Waals surface area contributed by atoms with Gasteiger partial charge in [-0.2, -0.15) is 0 Å². The summed E-state index contributed by atoms with van der Waals surface area (Å²) < 4.78 is 0. The van der Waals surface area contributed by atoms with Crippen LogP contribution in [0.15, 0.2) is 24.3 Å². The van der Waals surface area contributed by atoms with Crippen LogP contribution in [0.1, 0.15) is 50.3 Å². The molecule has 0 aromatic heterocycles. The molecule has 0 aliphatic heterocycles. The van der Waals surface area contributed by atoms with E-state index in [4.69, 9.17) is 0 Å². The number of hydrogen-bond donors (Lipinski definition) is 1. The Morgan fingerprint density at radius 2 is 1.89 bits per heavy atom. The van der Waals surface area contributed by atoms with E-state index in [1.54, 1.807) is 0 Å². The van der Waals surface area contributed by atoms with Gasteiger partial charge in [-0.05, 0) is 50.4 Å². The lowest BCUT2D eigenvalue weighted by molar-refractivity contribution is 0.281. The van der Waals surface area contributed by atoms with Crippen molar-refractivity contribution in [3.8, 4) is 0 Å². The molecule has 106 valence electrons. The van der Waals surface area contributed by atoms with Crippen LogP contribution in [-0.4, -0.2) is 31.1 Å². The first-order valence-corrected chi connectivity index (χ1v) is 7.77. The van der Waals surface area contributed by atoms with E-state index in [9.17, 15) is 0 Å². The molecule has 0 heterocycles. The van der Waals surface area contributed by atoms with Crippen LogP contribution in [0.5, 0.6) is 0 Å². The van der Waals surface area contributed by atoms with E-state index in [1.165, 1.54) is 30.4 Å². The highest BCUT2D eigenvalue weighted by Crippen LogP contribution is 2.27. The predicted molar refractivity (Wildman–Crippen MR) is 82.5 cm³/mol. The quantitative estimate of drug-likeness (QED) is 0.771. The SMILES string of the molecule is CCCNC(CN(C)C1CC1)c1ccc(CC)cc1. The van der Waals surface area contributed by atoms with Crippen LogP contribution >= 0.6 is 0 Å². The molecule has 2 heteroatoms. The molecule has 1 aliphatic carbocycles. The van der Waals surface area contributed by atoms with Crippen LogP contribution in [0.4, 0.5) is 0 Å². The summed E-state index contributed by atoms with van der Waals surface area (Å²) in [6.45, 7) is 6.66. The zero-order valence-corrected chi connectivity index (χ0v) is 12.7. The summed E-state index contributed by atoms with van der Waals surface area (Å²) in [4.78, 5) is 2.51. The lowest BCUT2D eigenvalue weighted by atomic mass is 10.0. The highest BCUT2D eigenvalue weighted by molar-refractivity contribution is 5.25. The van der Waals surface area contributed by atoms with E-state index in [0.29, 0.717) is 6.04 Å². The highest BCUT2D eigenvalue weighted by Gasteiger charge is 2.27. The van der Waals surface area contributed by atoms with Gasteiger partial charge in [-0.25, -0.2) is 0 Å². The van der Waals surface area contributed by atoms with E-state index in [2.05, 4.69) is 55.4 Å². The van der Waals surface area contributed by atoms with E-state index < -0.39 is 0 Å². The molecule has 2 rings (SSSR count). The van der Waals surface area contributed by atoms with Crippen molar-refractivity contribution >= 4 is 0 Å². The second-order valence-corrected chi connectivity index (χ2v) is 5.77. The summed E-state index contributed by atoms with van der Waals surface area (Å²) >= 11 is 0. The van der Waals surface area contributed by atoms with Crippen molar-refractivity contribution in [2.45, 2.75) is 51.6 Å². The normalized spacial score (nSPS) is 16.8. The molecular formula is C17H28N2. The Hall–Kier alpha value is -0.860. The molecule has 1 aromatic carbocycles. The molecule has 1 atom stereocenters. The van der Waals surface area contributed by atoms with Gasteiger partial charge in [0.1, 0.15) is 0 Å². The van der Waals surface area contributed by atoms with E-state index in [1.807, 2.05) is 0 Å². The van der Waals surface area contributed by atoms with Crippen molar-refractivity contribution in [1.82, 2.24) is 10.2 Å². The highest BCUT2D eigenvalue weighted by atomic mass is 15.2. The molecule has 1 unspecified atom stereocenters. The summed E-state index contributed by atoms with van der Waals surface area (Å²) in [5, 5.41) is 3.70. The monoisotopic (exact) mass is 260 g/mol. The molecule has 0 radical (unpaired) electrons. The minimum Gasteiger partial charge on any atom is -0.309 e. The van der Waals surface area contributed by atoms with Gasteiger partial charge in [-0.1, -0.05) is 38.1 Å². The number of aryl methyl sites for hydroxylation is 1. The maximum atomic E-state index is 3.70. The summed E-state index contributed by atoms with van der Waals surface area (Å²) in [6, 6.07) is 10.4. The second-order valence-electron chi connectivity index (χ2n) is 5.77. The Bertz CT molecular complexity index is 367. The lowest BCUT2D eigenvalue weighted by Gasteiger charge is -2.25. The van der Waals surface area contributed by atoms with E-state index in [-0.39, 0.29) is 0 Å². The van der Waals surface area contributed by atoms with Gasteiger partial charge in [0.25, 0.3) is 0 Å².